The van der Waals surface area contributed by atoms with Crippen LogP contribution in [0.4, 0.5) is 0 Å². The van der Waals surface area contributed by atoms with E-state index in [9.17, 15) is 13.2 Å². The summed E-state index contributed by atoms with van der Waals surface area (Å²) in [6.45, 7) is 4.92. The molecule has 1 aromatic carbocycles. The lowest BCUT2D eigenvalue weighted by Crippen LogP contribution is -2.28. The zero-order valence-corrected chi connectivity index (χ0v) is 11.3. The predicted molar refractivity (Wildman–Crippen MR) is 71.5 cm³/mol. The van der Waals surface area contributed by atoms with E-state index in [2.05, 4.69) is 4.98 Å². The fourth-order valence-corrected chi connectivity index (χ4v) is 2.90. The van der Waals surface area contributed by atoms with Crippen molar-refractivity contribution in [3.63, 3.8) is 0 Å². The number of pyridine rings is 1. The minimum absolute atomic E-state index is 0.180. The van der Waals surface area contributed by atoms with Crippen LogP contribution in [-0.2, 0) is 9.84 Å². The molecule has 0 saturated carbocycles. The monoisotopic (exact) mass is 265 g/mol. The minimum atomic E-state index is -3.44. The number of fused-ring (bicyclic) bond motifs is 1. The number of benzene rings is 1. The average molecular weight is 265 g/mol. The molecule has 0 saturated heterocycles. The maximum absolute atomic E-state index is 12.3. The van der Waals surface area contributed by atoms with Crippen molar-refractivity contribution >= 4 is 20.7 Å². The Morgan fingerprint density at radius 2 is 1.78 bits per heavy atom. The summed E-state index contributed by atoms with van der Waals surface area (Å²) in [5.41, 5.74) is 0.449. The van der Waals surface area contributed by atoms with E-state index in [-0.39, 0.29) is 10.3 Å². The molecule has 18 heavy (non-hydrogen) atoms. The molecule has 0 bridgehead atoms. The molecule has 4 nitrogen and oxygen atoms in total. The van der Waals surface area contributed by atoms with Gasteiger partial charge in [-0.05, 0) is 39.0 Å². The van der Waals surface area contributed by atoms with E-state index in [4.69, 9.17) is 0 Å². The van der Waals surface area contributed by atoms with Crippen molar-refractivity contribution in [2.75, 3.05) is 0 Å². The summed E-state index contributed by atoms with van der Waals surface area (Å²) in [7, 11) is -3.44. The van der Waals surface area contributed by atoms with Crippen LogP contribution >= 0.6 is 0 Å². The van der Waals surface area contributed by atoms with Gasteiger partial charge in [-0.2, -0.15) is 0 Å². The highest BCUT2D eigenvalue weighted by molar-refractivity contribution is 7.92. The van der Waals surface area contributed by atoms with Gasteiger partial charge in [-0.1, -0.05) is 0 Å². The SMILES string of the molecule is CC(C)(C)S(=O)(=O)c1ccc2[nH]ccc(=O)c2c1. The number of aromatic nitrogens is 1. The van der Waals surface area contributed by atoms with Crippen LogP contribution in [0.5, 0.6) is 0 Å². The van der Waals surface area contributed by atoms with Crippen molar-refractivity contribution in [2.24, 2.45) is 0 Å². The van der Waals surface area contributed by atoms with Crippen molar-refractivity contribution < 1.29 is 8.42 Å². The summed E-state index contributed by atoms with van der Waals surface area (Å²) in [6.07, 6.45) is 1.54. The van der Waals surface area contributed by atoms with E-state index in [1.165, 1.54) is 18.2 Å². The molecule has 0 unspecified atom stereocenters. The highest BCUT2D eigenvalue weighted by Crippen LogP contribution is 2.26. The van der Waals surface area contributed by atoms with Gasteiger partial charge >= 0.3 is 0 Å². The number of sulfone groups is 1. The zero-order valence-electron chi connectivity index (χ0n) is 10.5. The first-order chi connectivity index (χ1) is 8.23. The quantitative estimate of drug-likeness (QED) is 0.858. The number of H-pyrrole nitrogens is 1. The fraction of sp³-hybridized carbons (Fsp3) is 0.308. The fourth-order valence-electron chi connectivity index (χ4n) is 1.67. The van der Waals surface area contributed by atoms with Crippen LogP contribution in [0, 0.1) is 0 Å². The van der Waals surface area contributed by atoms with Gasteiger partial charge in [0, 0.05) is 23.2 Å². The molecule has 0 atom stereocenters. The Labute approximate surface area is 106 Å². The molecule has 0 spiro atoms. The lowest BCUT2D eigenvalue weighted by molar-refractivity contribution is 0.560. The van der Waals surface area contributed by atoms with Gasteiger partial charge in [-0.15, -0.1) is 0 Å². The number of nitrogens with one attached hydrogen (secondary N) is 1. The largest absolute Gasteiger partial charge is 0.361 e. The summed E-state index contributed by atoms with van der Waals surface area (Å²) < 4.78 is 23.7. The average Bonchev–Trinajstić information content (AvgIpc) is 2.27. The van der Waals surface area contributed by atoms with Crippen LogP contribution in [0.2, 0.25) is 0 Å². The second kappa shape index (κ2) is 3.95. The zero-order chi connectivity index (χ0) is 13.6. The van der Waals surface area contributed by atoms with Crippen LogP contribution < -0.4 is 5.43 Å². The van der Waals surface area contributed by atoms with E-state index >= 15 is 0 Å². The van der Waals surface area contributed by atoms with Crippen LogP contribution in [0.15, 0.2) is 40.2 Å². The Hall–Kier alpha value is -1.62. The van der Waals surface area contributed by atoms with Crippen LogP contribution in [0.1, 0.15) is 20.8 Å². The standard InChI is InChI=1S/C13H15NO3S/c1-13(2,3)18(16,17)9-4-5-11-10(8-9)12(15)6-7-14-11/h4-8H,1-3H3,(H,14,15). The van der Waals surface area contributed by atoms with Crippen LogP contribution in [0.25, 0.3) is 10.9 Å². The minimum Gasteiger partial charge on any atom is -0.361 e. The molecule has 1 heterocycles. The van der Waals surface area contributed by atoms with E-state index in [1.54, 1.807) is 33.0 Å². The number of hydrogen-bond acceptors (Lipinski definition) is 3. The molecular formula is C13H15NO3S. The summed E-state index contributed by atoms with van der Waals surface area (Å²) >= 11 is 0. The van der Waals surface area contributed by atoms with Crippen molar-refractivity contribution in [1.82, 2.24) is 4.98 Å². The Morgan fingerprint density at radius 3 is 2.39 bits per heavy atom. The van der Waals surface area contributed by atoms with Crippen molar-refractivity contribution in [1.29, 1.82) is 0 Å². The van der Waals surface area contributed by atoms with Gasteiger partial charge < -0.3 is 4.98 Å². The van der Waals surface area contributed by atoms with Crippen molar-refractivity contribution in [3.8, 4) is 0 Å². The Balaban J connectivity index is 2.77. The number of hydrogen-bond donors (Lipinski definition) is 1. The smallest absolute Gasteiger partial charge is 0.189 e. The van der Waals surface area contributed by atoms with Gasteiger partial charge in [0.25, 0.3) is 0 Å². The van der Waals surface area contributed by atoms with Crippen molar-refractivity contribution in [2.45, 2.75) is 30.4 Å². The molecular weight excluding hydrogens is 250 g/mol. The third-order valence-corrected chi connectivity index (χ3v) is 5.33. The third kappa shape index (κ3) is 1.95. The first-order valence-corrected chi connectivity index (χ1v) is 7.08. The van der Waals surface area contributed by atoms with Gasteiger partial charge in [0.15, 0.2) is 15.3 Å². The van der Waals surface area contributed by atoms with Gasteiger partial charge in [0.1, 0.15) is 0 Å². The molecule has 2 rings (SSSR count). The molecule has 96 valence electrons. The molecule has 0 aliphatic heterocycles. The van der Waals surface area contributed by atoms with Gasteiger partial charge in [0.2, 0.25) is 0 Å². The predicted octanol–water partition coefficient (Wildman–Crippen LogP) is 2.10. The van der Waals surface area contributed by atoms with E-state index < -0.39 is 14.6 Å². The molecule has 0 amide bonds. The van der Waals surface area contributed by atoms with Crippen LogP contribution in [-0.4, -0.2) is 18.1 Å². The summed E-state index contributed by atoms with van der Waals surface area (Å²) in [5.74, 6) is 0. The van der Waals surface area contributed by atoms with Crippen LogP contribution in [0.3, 0.4) is 0 Å². The normalized spacial score (nSPS) is 12.8. The van der Waals surface area contributed by atoms with E-state index in [0.29, 0.717) is 10.9 Å². The second-order valence-electron chi connectivity index (χ2n) is 5.17. The number of aromatic amines is 1. The molecule has 0 radical (unpaired) electrons. The Kier molecular flexibility index (Phi) is 2.81. The molecule has 1 N–H and O–H groups in total. The first-order valence-electron chi connectivity index (χ1n) is 5.59. The molecule has 2 aromatic rings. The van der Waals surface area contributed by atoms with E-state index in [0.717, 1.165) is 0 Å². The maximum Gasteiger partial charge on any atom is 0.189 e. The third-order valence-electron chi connectivity index (χ3n) is 2.85. The maximum atomic E-state index is 12.3. The second-order valence-corrected chi connectivity index (χ2v) is 7.87. The van der Waals surface area contributed by atoms with Gasteiger partial charge in [-0.3, -0.25) is 4.79 Å². The summed E-state index contributed by atoms with van der Waals surface area (Å²) in [5, 5.41) is 0.392. The molecule has 0 fully saturated rings. The first kappa shape index (κ1) is 12.8. The topological polar surface area (TPSA) is 67.0 Å². The van der Waals surface area contributed by atoms with Gasteiger partial charge in [0.05, 0.1) is 9.64 Å². The lowest BCUT2D eigenvalue weighted by Gasteiger charge is -2.19. The van der Waals surface area contributed by atoms with Gasteiger partial charge in [-0.25, -0.2) is 8.42 Å². The number of rotatable bonds is 1. The summed E-state index contributed by atoms with van der Waals surface area (Å²) in [4.78, 5) is 14.8. The molecule has 1 aromatic heterocycles. The Bertz CT molecular complexity index is 752. The highest BCUT2D eigenvalue weighted by atomic mass is 32.2. The molecule has 5 heteroatoms. The molecule has 0 aliphatic rings. The van der Waals surface area contributed by atoms with E-state index in [1.807, 2.05) is 0 Å². The van der Waals surface area contributed by atoms with Crippen molar-refractivity contribution in [3.05, 3.63) is 40.7 Å². The highest BCUT2D eigenvalue weighted by Gasteiger charge is 2.30. The molecule has 0 aliphatic carbocycles. The Morgan fingerprint density at radius 1 is 1.11 bits per heavy atom. The summed E-state index contributed by atoms with van der Waals surface area (Å²) in [6, 6.07) is 5.97. The lowest BCUT2D eigenvalue weighted by atomic mass is 10.2.